The molecular weight excluding hydrogens is 294 g/mol. The van der Waals surface area contributed by atoms with Crippen LogP contribution < -0.4 is 15.4 Å². The standard InChI is InChI=1S/C16H21N5O2/c1-21(2)11-10-18-16-17-9-8-13(20-16)15(22)19-12-6-4-5-7-14(12)23-3/h4-9H,10-11H2,1-3H3,(H,19,22)(H,17,18,20). The summed E-state index contributed by atoms with van der Waals surface area (Å²) in [6, 6.07) is 8.79. The van der Waals surface area contributed by atoms with Gasteiger partial charge in [0.05, 0.1) is 12.8 Å². The van der Waals surface area contributed by atoms with E-state index in [1.165, 1.54) is 0 Å². The Balaban J connectivity index is 2.04. The first-order chi connectivity index (χ1) is 11.1. The minimum absolute atomic E-state index is 0.290. The molecular formula is C16H21N5O2. The molecule has 0 saturated carbocycles. The Labute approximate surface area is 135 Å². The number of rotatable bonds is 7. The van der Waals surface area contributed by atoms with E-state index in [4.69, 9.17) is 4.74 Å². The van der Waals surface area contributed by atoms with E-state index in [1.54, 1.807) is 31.5 Å². The maximum Gasteiger partial charge on any atom is 0.274 e. The van der Waals surface area contributed by atoms with E-state index in [2.05, 4.69) is 20.6 Å². The number of benzene rings is 1. The summed E-state index contributed by atoms with van der Waals surface area (Å²) >= 11 is 0. The fraction of sp³-hybridized carbons (Fsp3) is 0.312. The van der Waals surface area contributed by atoms with Crippen LogP contribution in [0.15, 0.2) is 36.5 Å². The summed E-state index contributed by atoms with van der Waals surface area (Å²) in [5.74, 6) is 0.714. The van der Waals surface area contributed by atoms with E-state index >= 15 is 0 Å². The highest BCUT2D eigenvalue weighted by Gasteiger charge is 2.11. The summed E-state index contributed by atoms with van der Waals surface area (Å²) in [5.41, 5.74) is 0.888. The fourth-order valence-electron chi connectivity index (χ4n) is 1.90. The number of amides is 1. The molecule has 0 aliphatic carbocycles. The summed E-state index contributed by atoms with van der Waals surface area (Å²) in [6.07, 6.45) is 1.56. The number of likely N-dealkylation sites (N-methyl/N-ethyl adjacent to an activating group) is 1. The van der Waals surface area contributed by atoms with Gasteiger partial charge >= 0.3 is 0 Å². The van der Waals surface area contributed by atoms with E-state index < -0.39 is 0 Å². The molecule has 2 rings (SSSR count). The Hall–Kier alpha value is -2.67. The minimum Gasteiger partial charge on any atom is -0.495 e. The van der Waals surface area contributed by atoms with E-state index in [-0.39, 0.29) is 5.91 Å². The van der Waals surface area contributed by atoms with Crippen molar-refractivity contribution >= 4 is 17.5 Å². The van der Waals surface area contributed by atoms with Crippen molar-refractivity contribution in [1.82, 2.24) is 14.9 Å². The van der Waals surface area contributed by atoms with Crippen molar-refractivity contribution in [3.05, 3.63) is 42.2 Å². The molecule has 0 spiro atoms. The molecule has 122 valence electrons. The Morgan fingerprint density at radius 2 is 2.04 bits per heavy atom. The van der Waals surface area contributed by atoms with Gasteiger partial charge in [-0.1, -0.05) is 12.1 Å². The lowest BCUT2D eigenvalue weighted by Gasteiger charge is -2.11. The average molecular weight is 315 g/mol. The van der Waals surface area contributed by atoms with Crippen LogP contribution in [0.25, 0.3) is 0 Å². The first-order valence-corrected chi connectivity index (χ1v) is 7.26. The number of ether oxygens (including phenoxy) is 1. The second-order valence-corrected chi connectivity index (χ2v) is 5.15. The molecule has 0 atom stereocenters. The van der Waals surface area contributed by atoms with Crippen LogP contribution in [0.2, 0.25) is 0 Å². The maximum atomic E-state index is 12.3. The first-order valence-electron chi connectivity index (χ1n) is 7.26. The van der Waals surface area contributed by atoms with E-state index in [1.807, 2.05) is 31.1 Å². The molecule has 0 aliphatic heterocycles. The summed E-state index contributed by atoms with van der Waals surface area (Å²) in [5, 5.41) is 5.88. The van der Waals surface area contributed by atoms with Gasteiger partial charge in [-0.05, 0) is 32.3 Å². The zero-order chi connectivity index (χ0) is 16.7. The highest BCUT2D eigenvalue weighted by atomic mass is 16.5. The van der Waals surface area contributed by atoms with Crippen LogP contribution in [-0.4, -0.2) is 55.1 Å². The molecule has 1 aromatic carbocycles. The topological polar surface area (TPSA) is 79.4 Å². The molecule has 1 amide bonds. The number of aromatic nitrogens is 2. The van der Waals surface area contributed by atoms with Gasteiger partial charge in [0.25, 0.3) is 5.91 Å². The van der Waals surface area contributed by atoms with Crippen molar-refractivity contribution in [3.63, 3.8) is 0 Å². The van der Waals surface area contributed by atoms with Crippen molar-refractivity contribution in [2.24, 2.45) is 0 Å². The molecule has 2 N–H and O–H groups in total. The smallest absolute Gasteiger partial charge is 0.274 e. The van der Waals surface area contributed by atoms with Crippen molar-refractivity contribution in [1.29, 1.82) is 0 Å². The van der Waals surface area contributed by atoms with Crippen LogP contribution in [0, 0.1) is 0 Å². The SMILES string of the molecule is COc1ccccc1NC(=O)c1ccnc(NCCN(C)C)n1. The van der Waals surface area contributed by atoms with Gasteiger partial charge in [0, 0.05) is 19.3 Å². The number of hydrogen-bond donors (Lipinski definition) is 2. The van der Waals surface area contributed by atoms with Gasteiger partial charge in [-0.15, -0.1) is 0 Å². The third-order valence-corrected chi connectivity index (χ3v) is 3.09. The molecule has 1 aromatic heterocycles. The molecule has 7 nitrogen and oxygen atoms in total. The quantitative estimate of drug-likeness (QED) is 0.810. The van der Waals surface area contributed by atoms with Crippen LogP contribution in [0.4, 0.5) is 11.6 Å². The van der Waals surface area contributed by atoms with Crippen LogP contribution in [-0.2, 0) is 0 Å². The number of carbonyl (C=O) groups is 1. The molecule has 2 aromatic rings. The third-order valence-electron chi connectivity index (χ3n) is 3.09. The van der Waals surface area contributed by atoms with E-state index in [0.29, 0.717) is 29.6 Å². The van der Waals surface area contributed by atoms with Crippen LogP contribution in [0.3, 0.4) is 0 Å². The van der Waals surface area contributed by atoms with Crippen LogP contribution in [0.1, 0.15) is 10.5 Å². The summed E-state index contributed by atoms with van der Waals surface area (Å²) in [7, 11) is 5.53. The molecule has 1 heterocycles. The summed E-state index contributed by atoms with van der Waals surface area (Å²) in [6.45, 7) is 1.55. The first kappa shape index (κ1) is 16.7. The van der Waals surface area contributed by atoms with Gasteiger partial charge in [-0.3, -0.25) is 4.79 Å². The zero-order valence-corrected chi connectivity index (χ0v) is 13.5. The number of nitrogens with one attached hydrogen (secondary N) is 2. The van der Waals surface area contributed by atoms with Crippen molar-refractivity contribution in [2.45, 2.75) is 0 Å². The van der Waals surface area contributed by atoms with E-state index in [9.17, 15) is 4.79 Å². The predicted octanol–water partition coefficient (Wildman–Crippen LogP) is 1.71. The van der Waals surface area contributed by atoms with Gasteiger partial charge < -0.3 is 20.3 Å². The number of anilines is 2. The lowest BCUT2D eigenvalue weighted by Crippen LogP contribution is -2.22. The number of para-hydroxylation sites is 2. The van der Waals surface area contributed by atoms with Gasteiger partial charge in [0.2, 0.25) is 5.95 Å². The Bertz CT molecular complexity index is 660. The van der Waals surface area contributed by atoms with Crippen molar-refractivity contribution in [3.8, 4) is 5.75 Å². The largest absolute Gasteiger partial charge is 0.495 e. The fourth-order valence-corrected chi connectivity index (χ4v) is 1.90. The minimum atomic E-state index is -0.312. The third kappa shape index (κ3) is 4.93. The second kappa shape index (κ2) is 8.09. The molecule has 23 heavy (non-hydrogen) atoms. The molecule has 0 bridgehead atoms. The van der Waals surface area contributed by atoms with Crippen LogP contribution >= 0.6 is 0 Å². The number of nitrogens with zero attached hydrogens (tertiary/aromatic N) is 3. The lowest BCUT2D eigenvalue weighted by atomic mass is 10.2. The number of carbonyl (C=O) groups excluding carboxylic acids is 1. The monoisotopic (exact) mass is 315 g/mol. The highest BCUT2D eigenvalue weighted by molar-refractivity contribution is 6.03. The Kier molecular flexibility index (Phi) is 5.87. The summed E-state index contributed by atoms with van der Waals surface area (Å²) in [4.78, 5) is 22.7. The molecule has 7 heteroatoms. The van der Waals surface area contributed by atoms with Gasteiger partial charge in [0.1, 0.15) is 11.4 Å². The number of methoxy groups -OCH3 is 1. The van der Waals surface area contributed by atoms with Gasteiger partial charge in [-0.2, -0.15) is 0 Å². The maximum absolute atomic E-state index is 12.3. The lowest BCUT2D eigenvalue weighted by molar-refractivity contribution is 0.102. The van der Waals surface area contributed by atoms with Crippen molar-refractivity contribution in [2.75, 3.05) is 44.9 Å². The van der Waals surface area contributed by atoms with Crippen molar-refractivity contribution < 1.29 is 9.53 Å². The predicted molar refractivity (Wildman–Crippen MR) is 90.0 cm³/mol. The highest BCUT2D eigenvalue weighted by Crippen LogP contribution is 2.23. The molecule has 0 aliphatic rings. The van der Waals surface area contributed by atoms with Crippen LogP contribution in [0.5, 0.6) is 5.75 Å². The second-order valence-electron chi connectivity index (χ2n) is 5.15. The zero-order valence-electron chi connectivity index (χ0n) is 13.5. The van der Waals surface area contributed by atoms with Gasteiger partial charge in [-0.25, -0.2) is 9.97 Å². The van der Waals surface area contributed by atoms with E-state index in [0.717, 1.165) is 6.54 Å². The molecule has 0 fully saturated rings. The average Bonchev–Trinajstić information content (AvgIpc) is 2.55. The molecule has 0 radical (unpaired) electrons. The van der Waals surface area contributed by atoms with Gasteiger partial charge in [0.15, 0.2) is 0 Å². The Morgan fingerprint density at radius 3 is 2.78 bits per heavy atom. The molecule has 0 saturated heterocycles. The number of hydrogen-bond acceptors (Lipinski definition) is 6. The normalized spacial score (nSPS) is 10.4. The Morgan fingerprint density at radius 1 is 1.26 bits per heavy atom. The summed E-state index contributed by atoms with van der Waals surface area (Å²) < 4.78 is 5.22. The molecule has 0 unspecified atom stereocenters.